The number of imide groups is 1. The van der Waals surface area contributed by atoms with E-state index in [1.54, 1.807) is 0 Å². The molecule has 0 radical (unpaired) electrons. The average molecular weight is 535 g/mol. The van der Waals surface area contributed by atoms with Gasteiger partial charge < -0.3 is 15.0 Å². The summed E-state index contributed by atoms with van der Waals surface area (Å²) in [5.74, 6) is -3.15. The molecule has 1 saturated heterocycles. The van der Waals surface area contributed by atoms with Crippen LogP contribution in [0.2, 0.25) is 0 Å². The number of carbonyl (C=O) groups excluding carboxylic acids is 4. The zero-order valence-electron chi connectivity index (χ0n) is 19.7. The van der Waals surface area contributed by atoms with Gasteiger partial charge in [-0.05, 0) is 24.8 Å². The van der Waals surface area contributed by atoms with E-state index in [0.29, 0.717) is 5.56 Å². The van der Waals surface area contributed by atoms with Gasteiger partial charge in [0, 0.05) is 42.9 Å². The van der Waals surface area contributed by atoms with Crippen LogP contribution in [0.25, 0.3) is 0 Å². The van der Waals surface area contributed by atoms with Crippen LogP contribution >= 0.6 is 0 Å². The minimum Gasteiger partial charge on any atom is -0.445 e. The van der Waals surface area contributed by atoms with Gasteiger partial charge in [-0.25, -0.2) is 14.2 Å². The van der Waals surface area contributed by atoms with E-state index in [4.69, 9.17) is 4.74 Å². The molecule has 1 aliphatic carbocycles. The number of rotatable bonds is 5. The molecule has 3 heterocycles. The number of alkyl halides is 3. The predicted molar refractivity (Wildman–Crippen MR) is 119 cm³/mol. The molecule has 200 valence electrons. The number of nitrogens with one attached hydrogen (secondary N) is 2. The Morgan fingerprint density at radius 3 is 2.61 bits per heavy atom. The first-order valence-corrected chi connectivity index (χ1v) is 11.8. The normalized spacial score (nSPS) is 23.0. The first kappa shape index (κ1) is 25.5. The number of fused-ring (bicyclic) bond motifs is 1. The summed E-state index contributed by atoms with van der Waals surface area (Å²) in [6.07, 6.45) is -2.77. The molecule has 2 fully saturated rings. The number of piperidine rings is 1. The van der Waals surface area contributed by atoms with Crippen LogP contribution in [0, 0.1) is 5.82 Å². The predicted octanol–water partition coefficient (Wildman–Crippen LogP) is 2.57. The fraction of sp³-hybridized carbons (Fsp3) is 0.417. The van der Waals surface area contributed by atoms with E-state index < -0.39 is 66.1 Å². The summed E-state index contributed by atoms with van der Waals surface area (Å²) in [6, 6.07) is 1.53. The highest BCUT2D eigenvalue weighted by atomic mass is 19.4. The van der Waals surface area contributed by atoms with E-state index >= 15 is 4.39 Å². The number of alkyl carbamates (subject to hydrolysis) is 1. The molecule has 1 aromatic carbocycles. The Morgan fingerprint density at radius 2 is 1.89 bits per heavy atom. The third-order valence-corrected chi connectivity index (χ3v) is 6.91. The quantitative estimate of drug-likeness (QED) is 0.445. The molecule has 1 saturated carbocycles. The zero-order valence-corrected chi connectivity index (χ0v) is 19.7. The second kappa shape index (κ2) is 9.65. The van der Waals surface area contributed by atoms with Crippen LogP contribution in [0.3, 0.4) is 0 Å². The van der Waals surface area contributed by atoms with E-state index in [1.165, 1.54) is 23.2 Å². The van der Waals surface area contributed by atoms with Gasteiger partial charge >= 0.3 is 12.3 Å². The lowest BCUT2D eigenvalue weighted by atomic mass is 9.77. The Bertz CT molecular complexity index is 1330. The maximum absolute atomic E-state index is 15.2. The molecule has 1 aromatic heterocycles. The highest BCUT2D eigenvalue weighted by Gasteiger charge is 2.43. The fourth-order valence-corrected chi connectivity index (χ4v) is 4.94. The van der Waals surface area contributed by atoms with Gasteiger partial charge in [0.1, 0.15) is 18.5 Å². The van der Waals surface area contributed by atoms with Gasteiger partial charge in [-0.3, -0.25) is 24.7 Å². The summed E-state index contributed by atoms with van der Waals surface area (Å²) in [7, 11) is 0. The molecule has 10 nitrogen and oxygen atoms in total. The lowest BCUT2D eigenvalue weighted by Gasteiger charge is -2.35. The molecular weight excluding hydrogens is 514 g/mol. The summed E-state index contributed by atoms with van der Waals surface area (Å²) in [5, 5.41) is 4.70. The Morgan fingerprint density at radius 1 is 1.16 bits per heavy atom. The summed E-state index contributed by atoms with van der Waals surface area (Å²) in [4.78, 5) is 57.0. The van der Waals surface area contributed by atoms with Crippen molar-refractivity contribution in [2.75, 3.05) is 0 Å². The van der Waals surface area contributed by atoms with E-state index in [0.717, 1.165) is 6.20 Å². The van der Waals surface area contributed by atoms with Crippen molar-refractivity contribution in [3.8, 4) is 0 Å². The van der Waals surface area contributed by atoms with Gasteiger partial charge in [-0.15, -0.1) is 0 Å². The average Bonchev–Trinajstić information content (AvgIpc) is 3.17. The first-order chi connectivity index (χ1) is 18.0. The van der Waals surface area contributed by atoms with Crippen molar-refractivity contribution in [3.63, 3.8) is 0 Å². The van der Waals surface area contributed by atoms with Gasteiger partial charge in [0.05, 0.1) is 11.3 Å². The summed E-state index contributed by atoms with van der Waals surface area (Å²) >= 11 is 0. The van der Waals surface area contributed by atoms with Gasteiger partial charge in [0.2, 0.25) is 11.8 Å². The van der Waals surface area contributed by atoms with Crippen LogP contribution in [0.5, 0.6) is 0 Å². The van der Waals surface area contributed by atoms with Gasteiger partial charge in [0.15, 0.2) is 5.69 Å². The van der Waals surface area contributed by atoms with Gasteiger partial charge in [-0.1, -0.05) is 12.1 Å². The second-order valence-corrected chi connectivity index (χ2v) is 9.35. The number of amides is 4. The lowest BCUT2D eigenvalue weighted by Crippen LogP contribution is -2.52. The van der Waals surface area contributed by atoms with Gasteiger partial charge in [-0.2, -0.15) is 13.2 Å². The molecule has 38 heavy (non-hydrogen) atoms. The second-order valence-electron chi connectivity index (χ2n) is 9.35. The third-order valence-electron chi connectivity index (χ3n) is 6.91. The van der Waals surface area contributed by atoms with Crippen molar-refractivity contribution < 1.29 is 41.5 Å². The molecule has 1 unspecified atom stereocenters. The Kier molecular flexibility index (Phi) is 6.49. The van der Waals surface area contributed by atoms with Gasteiger partial charge in [0.25, 0.3) is 5.91 Å². The van der Waals surface area contributed by atoms with E-state index in [1.807, 2.05) is 0 Å². The van der Waals surface area contributed by atoms with Crippen molar-refractivity contribution in [1.82, 2.24) is 25.5 Å². The fourth-order valence-electron chi connectivity index (χ4n) is 4.94. The largest absolute Gasteiger partial charge is 0.445 e. The van der Waals surface area contributed by atoms with Crippen LogP contribution in [-0.4, -0.2) is 50.8 Å². The van der Waals surface area contributed by atoms with Crippen LogP contribution < -0.4 is 10.6 Å². The number of halogens is 4. The lowest BCUT2D eigenvalue weighted by molar-refractivity contribution is -0.142. The highest BCUT2D eigenvalue weighted by Crippen LogP contribution is 2.41. The number of benzene rings is 1. The maximum atomic E-state index is 15.2. The first-order valence-electron chi connectivity index (χ1n) is 11.8. The smallest absolute Gasteiger partial charge is 0.435 e. The highest BCUT2D eigenvalue weighted by molar-refractivity contribution is 6.05. The molecule has 0 spiro atoms. The number of nitrogens with zero attached hydrogens (tertiary/aromatic N) is 3. The number of hydrogen-bond donors (Lipinski definition) is 2. The van der Waals surface area contributed by atoms with Crippen LogP contribution in [0.15, 0.2) is 24.5 Å². The Balaban J connectivity index is 1.16. The van der Waals surface area contributed by atoms with Crippen molar-refractivity contribution in [2.45, 2.75) is 63.0 Å². The maximum Gasteiger partial charge on any atom is 0.435 e. The Labute approximate surface area is 212 Å². The molecule has 3 aliphatic rings. The molecule has 4 amide bonds. The molecule has 1 atom stereocenters. The van der Waals surface area contributed by atoms with E-state index in [2.05, 4.69) is 20.6 Å². The van der Waals surface area contributed by atoms with E-state index in [-0.39, 0.29) is 49.0 Å². The van der Waals surface area contributed by atoms with Crippen molar-refractivity contribution in [3.05, 3.63) is 58.4 Å². The van der Waals surface area contributed by atoms with Crippen molar-refractivity contribution >= 4 is 23.8 Å². The monoisotopic (exact) mass is 535 g/mol. The minimum absolute atomic E-state index is 0.00365. The topological polar surface area (TPSA) is 131 Å². The number of hydrogen-bond acceptors (Lipinski definition) is 7. The molecule has 14 heteroatoms. The summed E-state index contributed by atoms with van der Waals surface area (Å²) in [6.45, 7) is -0.487. The number of ether oxygens (including phenoxy) is 1. The number of carbonyl (C=O) groups is 4. The van der Waals surface area contributed by atoms with Crippen LogP contribution in [-0.2, 0) is 33.7 Å². The standard InChI is InChI=1S/C24H21F4N5O5/c25-18-12(2-1-11-9-33(22(36)17(11)18)15-3-4-16(34)32-21(15)35)10-38-23(37)31-14-7-13(8-14)19-20(24(26,27)28)30-6-5-29-19/h1-2,5-6,13-15H,3-4,7-10H2,(H,31,37)(H,32,34,35). The minimum atomic E-state index is -4.64. The molecule has 0 bridgehead atoms. The van der Waals surface area contributed by atoms with Crippen LogP contribution in [0.4, 0.5) is 22.4 Å². The molecule has 2 aliphatic heterocycles. The van der Waals surface area contributed by atoms with Crippen LogP contribution in [0.1, 0.15) is 64.5 Å². The van der Waals surface area contributed by atoms with Crippen molar-refractivity contribution in [2.24, 2.45) is 0 Å². The number of aromatic nitrogens is 2. The SMILES string of the molecule is O=C1CCC(N2Cc3ccc(COC(=O)NC4CC(c5nccnc5C(F)(F)F)C4)c(F)c3C2=O)C(=O)N1. The van der Waals surface area contributed by atoms with E-state index in [9.17, 15) is 32.3 Å². The molecule has 2 N–H and O–H groups in total. The molecular formula is C24H21F4N5O5. The Hall–Kier alpha value is -4.10. The molecule has 2 aromatic rings. The third kappa shape index (κ3) is 4.77. The zero-order chi connectivity index (χ0) is 27.2. The summed E-state index contributed by atoms with van der Waals surface area (Å²) < 4.78 is 59.7. The molecule has 5 rings (SSSR count). The van der Waals surface area contributed by atoms with Crippen molar-refractivity contribution in [1.29, 1.82) is 0 Å². The summed E-state index contributed by atoms with van der Waals surface area (Å²) in [5.41, 5.74) is -1.14.